The molecule has 1 rings (SSSR count). The zero-order valence-corrected chi connectivity index (χ0v) is 11.8. The van der Waals surface area contributed by atoms with Gasteiger partial charge in [0.2, 0.25) is 0 Å². The number of benzene rings is 1. The zero-order valence-electron chi connectivity index (χ0n) is 9.67. The SMILES string of the molecule is C[C@@H](/C=C/C(=O)NO)[C@H](O)c1cc(I)ccc1O. The Morgan fingerprint density at radius 2 is 2.17 bits per heavy atom. The minimum atomic E-state index is -0.928. The topological polar surface area (TPSA) is 89.8 Å². The lowest BCUT2D eigenvalue weighted by atomic mass is 9.96. The van der Waals surface area contributed by atoms with Gasteiger partial charge in [0.15, 0.2) is 0 Å². The summed E-state index contributed by atoms with van der Waals surface area (Å²) in [5.74, 6) is -1.04. The van der Waals surface area contributed by atoms with Crippen molar-refractivity contribution in [2.45, 2.75) is 13.0 Å². The van der Waals surface area contributed by atoms with E-state index < -0.39 is 12.0 Å². The van der Waals surface area contributed by atoms with Gasteiger partial charge in [0.25, 0.3) is 5.91 Å². The fourth-order valence-corrected chi connectivity index (χ4v) is 1.94. The Labute approximate surface area is 118 Å². The number of hydroxylamine groups is 1. The van der Waals surface area contributed by atoms with E-state index in [4.69, 9.17) is 5.21 Å². The molecule has 0 saturated heterocycles. The lowest BCUT2D eigenvalue weighted by molar-refractivity contribution is -0.124. The largest absolute Gasteiger partial charge is 0.508 e. The van der Waals surface area contributed by atoms with E-state index in [9.17, 15) is 15.0 Å². The van der Waals surface area contributed by atoms with Crippen LogP contribution in [0.4, 0.5) is 0 Å². The molecule has 4 N–H and O–H groups in total. The maximum absolute atomic E-state index is 10.8. The molecule has 5 nitrogen and oxygen atoms in total. The van der Waals surface area contributed by atoms with E-state index in [0.717, 1.165) is 9.65 Å². The van der Waals surface area contributed by atoms with Crippen LogP contribution >= 0.6 is 22.6 Å². The molecule has 0 aromatic heterocycles. The van der Waals surface area contributed by atoms with Crippen molar-refractivity contribution in [1.29, 1.82) is 0 Å². The zero-order chi connectivity index (χ0) is 13.7. The highest BCUT2D eigenvalue weighted by atomic mass is 127. The lowest BCUT2D eigenvalue weighted by Gasteiger charge is -2.17. The molecule has 0 fully saturated rings. The molecule has 1 aromatic rings. The van der Waals surface area contributed by atoms with E-state index in [1.165, 1.54) is 17.6 Å². The number of nitrogens with one attached hydrogen (secondary N) is 1. The maximum Gasteiger partial charge on any atom is 0.267 e. The number of aromatic hydroxyl groups is 1. The molecule has 6 heteroatoms. The van der Waals surface area contributed by atoms with Crippen molar-refractivity contribution in [2.75, 3.05) is 0 Å². The maximum atomic E-state index is 10.8. The van der Waals surface area contributed by atoms with Crippen LogP contribution in [0.15, 0.2) is 30.4 Å². The summed E-state index contributed by atoms with van der Waals surface area (Å²) in [6, 6.07) is 4.92. The van der Waals surface area contributed by atoms with Gasteiger partial charge in [0, 0.05) is 21.1 Å². The number of phenolic OH excluding ortho intramolecular Hbond substituents is 1. The molecule has 0 aliphatic heterocycles. The fraction of sp³-hybridized carbons (Fsp3) is 0.250. The standard InChI is InChI=1S/C12H14INO4/c1-7(2-5-11(16)14-18)12(17)9-6-8(13)3-4-10(9)15/h2-7,12,15,17-18H,1H3,(H,14,16)/b5-2+/t7-,12-/m0/s1. The van der Waals surface area contributed by atoms with Crippen molar-refractivity contribution >= 4 is 28.5 Å². The first kappa shape index (κ1) is 14.9. The number of hydrogen-bond acceptors (Lipinski definition) is 4. The number of amides is 1. The van der Waals surface area contributed by atoms with Crippen LogP contribution < -0.4 is 5.48 Å². The van der Waals surface area contributed by atoms with Gasteiger partial charge in [0.05, 0.1) is 6.10 Å². The van der Waals surface area contributed by atoms with Gasteiger partial charge in [-0.3, -0.25) is 10.0 Å². The second-order valence-electron chi connectivity index (χ2n) is 3.84. The van der Waals surface area contributed by atoms with Gasteiger partial charge in [-0.1, -0.05) is 13.0 Å². The molecule has 2 atom stereocenters. The van der Waals surface area contributed by atoms with Crippen molar-refractivity contribution in [1.82, 2.24) is 5.48 Å². The third-order valence-electron chi connectivity index (χ3n) is 2.47. The first-order valence-electron chi connectivity index (χ1n) is 5.24. The minimum Gasteiger partial charge on any atom is -0.508 e. The smallest absolute Gasteiger partial charge is 0.267 e. The van der Waals surface area contributed by atoms with Crippen LogP contribution in [0.2, 0.25) is 0 Å². The van der Waals surface area contributed by atoms with Crippen LogP contribution in [0.5, 0.6) is 5.75 Å². The highest BCUT2D eigenvalue weighted by Gasteiger charge is 2.18. The molecule has 1 aromatic carbocycles. The van der Waals surface area contributed by atoms with Crippen LogP contribution in [-0.2, 0) is 4.79 Å². The molecule has 18 heavy (non-hydrogen) atoms. The molecule has 0 bridgehead atoms. The summed E-state index contributed by atoms with van der Waals surface area (Å²) in [6.45, 7) is 1.70. The first-order valence-corrected chi connectivity index (χ1v) is 6.32. The average Bonchev–Trinajstić information content (AvgIpc) is 2.37. The molecule has 0 aliphatic rings. The number of halogens is 1. The van der Waals surface area contributed by atoms with Crippen molar-refractivity contribution in [3.05, 3.63) is 39.5 Å². The van der Waals surface area contributed by atoms with Crippen LogP contribution in [0.25, 0.3) is 0 Å². The van der Waals surface area contributed by atoms with Gasteiger partial charge in [-0.2, -0.15) is 0 Å². The Morgan fingerprint density at radius 3 is 2.78 bits per heavy atom. The highest BCUT2D eigenvalue weighted by molar-refractivity contribution is 14.1. The van der Waals surface area contributed by atoms with Crippen LogP contribution in [0, 0.1) is 9.49 Å². The number of carbonyl (C=O) groups excluding carboxylic acids is 1. The van der Waals surface area contributed by atoms with Crippen LogP contribution in [0.3, 0.4) is 0 Å². The molecule has 0 saturated carbocycles. The van der Waals surface area contributed by atoms with Gasteiger partial charge < -0.3 is 10.2 Å². The van der Waals surface area contributed by atoms with Crippen LogP contribution in [-0.4, -0.2) is 21.3 Å². The summed E-state index contributed by atoms with van der Waals surface area (Å²) in [7, 11) is 0. The third-order valence-corrected chi connectivity index (χ3v) is 3.14. The monoisotopic (exact) mass is 363 g/mol. The third kappa shape index (κ3) is 3.97. The van der Waals surface area contributed by atoms with Crippen molar-refractivity contribution in [2.24, 2.45) is 5.92 Å². The van der Waals surface area contributed by atoms with E-state index >= 15 is 0 Å². The predicted octanol–water partition coefficient (Wildman–Crippen LogP) is 1.73. The van der Waals surface area contributed by atoms with Crippen LogP contribution in [0.1, 0.15) is 18.6 Å². The second-order valence-corrected chi connectivity index (χ2v) is 5.09. The average molecular weight is 363 g/mol. The minimum absolute atomic E-state index is 0.00905. The van der Waals surface area contributed by atoms with Gasteiger partial charge in [-0.05, 0) is 40.8 Å². The Hall–Kier alpha value is -1.12. The molecule has 0 spiro atoms. The summed E-state index contributed by atoms with van der Waals surface area (Å²) < 4.78 is 0.892. The summed E-state index contributed by atoms with van der Waals surface area (Å²) in [5.41, 5.74) is 1.87. The van der Waals surface area contributed by atoms with Gasteiger partial charge >= 0.3 is 0 Å². The van der Waals surface area contributed by atoms with E-state index in [0.29, 0.717) is 5.56 Å². The summed E-state index contributed by atoms with van der Waals surface area (Å²) in [4.78, 5) is 10.8. The number of aliphatic hydroxyl groups is 1. The number of aliphatic hydroxyl groups excluding tert-OH is 1. The molecule has 1 amide bonds. The number of rotatable bonds is 4. The molecular formula is C12H14INO4. The van der Waals surface area contributed by atoms with E-state index in [2.05, 4.69) is 22.6 Å². The molecular weight excluding hydrogens is 349 g/mol. The number of phenols is 1. The summed E-state index contributed by atoms with van der Waals surface area (Å²) in [6.07, 6.45) is 1.65. The van der Waals surface area contributed by atoms with Gasteiger partial charge in [-0.25, -0.2) is 5.48 Å². The lowest BCUT2D eigenvalue weighted by Crippen LogP contribution is -2.16. The first-order chi connectivity index (χ1) is 8.45. The summed E-state index contributed by atoms with van der Waals surface area (Å²) in [5, 5.41) is 28.1. The Balaban J connectivity index is 2.86. The Bertz CT molecular complexity index is 461. The van der Waals surface area contributed by atoms with Crippen molar-refractivity contribution < 1.29 is 20.2 Å². The fourth-order valence-electron chi connectivity index (χ4n) is 1.43. The number of hydrogen-bond donors (Lipinski definition) is 4. The molecule has 0 radical (unpaired) electrons. The Morgan fingerprint density at radius 1 is 1.50 bits per heavy atom. The van der Waals surface area contributed by atoms with E-state index in [1.54, 1.807) is 19.1 Å². The van der Waals surface area contributed by atoms with Gasteiger partial charge in [-0.15, -0.1) is 0 Å². The second kappa shape index (κ2) is 6.72. The molecule has 0 heterocycles. The molecule has 0 aliphatic carbocycles. The van der Waals surface area contributed by atoms with E-state index in [1.807, 2.05) is 0 Å². The van der Waals surface area contributed by atoms with E-state index in [-0.39, 0.29) is 11.7 Å². The predicted molar refractivity (Wildman–Crippen MR) is 74.0 cm³/mol. The van der Waals surface area contributed by atoms with Crippen molar-refractivity contribution in [3.8, 4) is 5.75 Å². The molecule has 0 unspecified atom stereocenters. The molecule has 98 valence electrons. The Kier molecular flexibility index (Phi) is 5.57. The highest BCUT2D eigenvalue weighted by Crippen LogP contribution is 2.31. The van der Waals surface area contributed by atoms with Gasteiger partial charge in [0.1, 0.15) is 5.75 Å². The number of carbonyl (C=O) groups is 1. The normalized spacial score (nSPS) is 14.4. The summed E-state index contributed by atoms with van der Waals surface area (Å²) >= 11 is 2.08. The quantitative estimate of drug-likeness (QED) is 0.284. The van der Waals surface area contributed by atoms with Crippen molar-refractivity contribution in [3.63, 3.8) is 0 Å².